The van der Waals surface area contributed by atoms with Gasteiger partial charge in [-0.2, -0.15) is 0 Å². The number of likely N-dealkylation sites (tertiary alicyclic amines) is 1. The van der Waals surface area contributed by atoms with E-state index in [0.29, 0.717) is 12.6 Å². The normalized spacial score (nSPS) is 18.8. The Labute approximate surface area is 180 Å². The van der Waals surface area contributed by atoms with Gasteiger partial charge in [-0.1, -0.05) is 37.6 Å². The van der Waals surface area contributed by atoms with Crippen molar-refractivity contribution in [3.8, 4) is 0 Å². The fraction of sp³-hybridized carbons (Fsp3) is 0.632. The molecule has 0 aromatic heterocycles. The molecule has 1 aromatic carbocycles. The summed E-state index contributed by atoms with van der Waals surface area (Å²) in [5, 5.41) is 4.19. The van der Waals surface area contributed by atoms with Gasteiger partial charge in [0.05, 0.1) is 6.10 Å². The van der Waals surface area contributed by atoms with Gasteiger partial charge in [-0.25, -0.2) is 0 Å². The second-order valence-electron chi connectivity index (χ2n) is 6.32. The number of nitrogens with zero attached hydrogens (tertiary/aromatic N) is 3. The molecular weight excluding hydrogens is 463 g/mol. The summed E-state index contributed by atoms with van der Waals surface area (Å²) < 4.78 is 5.64. The number of benzene rings is 1. The fourth-order valence-electron chi connectivity index (χ4n) is 3.53. The highest BCUT2D eigenvalue weighted by Crippen LogP contribution is 2.20. The van der Waals surface area contributed by atoms with Crippen molar-refractivity contribution in [2.45, 2.75) is 32.4 Å². The molecule has 0 spiro atoms. The minimum absolute atomic E-state index is 0. The molecular formula is C19H32ClIN4O. The van der Waals surface area contributed by atoms with Crippen LogP contribution in [-0.2, 0) is 4.74 Å². The SMILES string of the molecule is CCN(CC)C1CCN(C(=NC)NCC(OC)c2cccc(Cl)c2)C1.I. The molecule has 7 heteroatoms. The number of halogens is 2. The highest BCUT2D eigenvalue weighted by atomic mass is 127. The first-order chi connectivity index (χ1) is 12.1. The van der Waals surface area contributed by atoms with Crippen LogP contribution in [0.5, 0.6) is 0 Å². The van der Waals surface area contributed by atoms with Gasteiger partial charge in [0.15, 0.2) is 5.96 Å². The van der Waals surface area contributed by atoms with E-state index in [1.807, 2.05) is 31.3 Å². The van der Waals surface area contributed by atoms with Crippen molar-refractivity contribution in [2.24, 2.45) is 4.99 Å². The average Bonchev–Trinajstić information content (AvgIpc) is 3.09. The van der Waals surface area contributed by atoms with Crippen LogP contribution in [0, 0.1) is 0 Å². The quantitative estimate of drug-likeness (QED) is 0.357. The van der Waals surface area contributed by atoms with E-state index in [2.05, 4.69) is 34.0 Å². The van der Waals surface area contributed by atoms with Crippen molar-refractivity contribution in [1.82, 2.24) is 15.1 Å². The van der Waals surface area contributed by atoms with E-state index < -0.39 is 0 Å². The highest BCUT2D eigenvalue weighted by molar-refractivity contribution is 14.0. The number of aliphatic imine (C=N–C) groups is 1. The standard InChI is InChI=1S/C19H31ClN4O.HI/c1-5-23(6-2)17-10-11-24(14-17)19(21-3)22-13-18(25-4)15-8-7-9-16(20)12-15;/h7-9,12,17-18H,5-6,10-11,13-14H2,1-4H3,(H,21,22);1H. The van der Waals surface area contributed by atoms with Crippen molar-refractivity contribution in [3.05, 3.63) is 34.9 Å². The molecule has 148 valence electrons. The third-order valence-electron chi connectivity index (χ3n) is 4.95. The lowest BCUT2D eigenvalue weighted by molar-refractivity contribution is 0.106. The molecule has 1 aliphatic heterocycles. The average molecular weight is 495 g/mol. The summed E-state index contributed by atoms with van der Waals surface area (Å²) in [5.41, 5.74) is 1.07. The van der Waals surface area contributed by atoms with E-state index >= 15 is 0 Å². The van der Waals surface area contributed by atoms with Crippen LogP contribution in [0.3, 0.4) is 0 Å². The van der Waals surface area contributed by atoms with Crippen LogP contribution in [0.4, 0.5) is 0 Å². The lowest BCUT2D eigenvalue weighted by Crippen LogP contribution is -2.44. The van der Waals surface area contributed by atoms with Crippen molar-refractivity contribution in [3.63, 3.8) is 0 Å². The van der Waals surface area contributed by atoms with Gasteiger partial charge in [0.2, 0.25) is 0 Å². The van der Waals surface area contributed by atoms with Crippen molar-refractivity contribution in [2.75, 3.05) is 46.9 Å². The van der Waals surface area contributed by atoms with E-state index in [1.165, 1.54) is 6.42 Å². The van der Waals surface area contributed by atoms with Gasteiger partial charge < -0.3 is 15.0 Å². The van der Waals surface area contributed by atoms with E-state index in [0.717, 1.165) is 42.7 Å². The predicted octanol–water partition coefficient (Wildman–Crippen LogP) is 3.64. The summed E-state index contributed by atoms with van der Waals surface area (Å²) in [6, 6.07) is 8.43. The Morgan fingerprint density at radius 2 is 2.15 bits per heavy atom. The molecule has 1 heterocycles. The molecule has 1 saturated heterocycles. The number of rotatable bonds is 7. The van der Waals surface area contributed by atoms with Crippen LogP contribution in [0.1, 0.15) is 31.9 Å². The molecule has 2 rings (SSSR count). The maximum Gasteiger partial charge on any atom is 0.193 e. The smallest absolute Gasteiger partial charge is 0.193 e. The molecule has 2 atom stereocenters. The summed E-state index contributed by atoms with van der Waals surface area (Å²) in [7, 11) is 3.57. The largest absolute Gasteiger partial charge is 0.375 e. The number of methoxy groups -OCH3 is 1. The van der Waals surface area contributed by atoms with E-state index in [1.54, 1.807) is 7.11 Å². The Balaban J connectivity index is 0.00000338. The first-order valence-corrected chi connectivity index (χ1v) is 9.48. The molecule has 2 unspecified atom stereocenters. The zero-order valence-corrected chi connectivity index (χ0v) is 19.3. The number of hydrogen-bond acceptors (Lipinski definition) is 3. The van der Waals surface area contributed by atoms with Crippen molar-refractivity contribution < 1.29 is 4.74 Å². The Morgan fingerprint density at radius 3 is 2.73 bits per heavy atom. The predicted molar refractivity (Wildman–Crippen MR) is 121 cm³/mol. The maximum absolute atomic E-state index is 6.10. The third kappa shape index (κ3) is 6.25. The summed E-state index contributed by atoms with van der Waals surface area (Å²) in [4.78, 5) is 9.33. The van der Waals surface area contributed by atoms with Gasteiger partial charge in [0, 0.05) is 44.9 Å². The van der Waals surface area contributed by atoms with Gasteiger partial charge in [0.25, 0.3) is 0 Å². The molecule has 0 amide bonds. The number of guanidine groups is 1. The zero-order valence-electron chi connectivity index (χ0n) is 16.2. The molecule has 0 saturated carbocycles. The van der Waals surface area contributed by atoms with E-state index in [9.17, 15) is 0 Å². The molecule has 5 nitrogen and oxygen atoms in total. The maximum atomic E-state index is 6.10. The number of hydrogen-bond donors (Lipinski definition) is 1. The van der Waals surface area contributed by atoms with Gasteiger partial charge in [0.1, 0.15) is 0 Å². The van der Waals surface area contributed by atoms with Crippen molar-refractivity contribution in [1.29, 1.82) is 0 Å². The first kappa shape index (κ1) is 23.5. The van der Waals surface area contributed by atoms with Crippen LogP contribution in [0.25, 0.3) is 0 Å². The van der Waals surface area contributed by atoms with Gasteiger partial charge >= 0.3 is 0 Å². The number of ether oxygens (including phenoxy) is 1. The number of likely N-dealkylation sites (N-methyl/N-ethyl adjacent to an activating group) is 1. The molecule has 0 aliphatic carbocycles. The summed E-state index contributed by atoms with van der Waals surface area (Å²) in [5.74, 6) is 0.943. The first-order valence-electron chi connectivity index (χ1n) is 9.10. The number of nitrogens with one attached hydrogen (secondary N) is 1. The molecule has 1 aromatic rings. The lowest BCUT2D eigenvalue weighted by Gasteiger charge is -2.28. The van der Waals surface area contributed by atoms with E-state index in [-0.39, 0.29) is 30.1 Å². The fourth-order valence-corrected chi connectivity index (χ4v) is 3.73. The molecule has 1 aliphatic rings. The lowest BCUT2D eigenvalue weighted by atomic mass is 10.1. The van der Waals surface area contributed by atoms with Crippen LogP contribution in [0.2, 0.25) is 5.02 Å². The van der Waals surface area contributed by atoms with Gasteiger partial charge in [-0.05, 0) is 37.2 Å². The van der Waals surface area contributed by atoms with E-state index in [4.69, 9.17) is 16.3 Å². The Bertz CT molecular complexity index is 568. The monoisotopic (exact) mass is 494 g/mol. The minimum Gasteiger partial charge on any atom is -0.375 e. The molecule has 26 heavy (non-hydrogen) atoms. The Morgan fingerprint density at radius 1 is 1.42 bits per heavy atom. The summed E-state index contributed by atoms with van der Waals surface area (Å²) in [6.07, 6.45) is 1.13. The van der Waals surface area contributed by atoms with Crippen LogP contribution < -0.4 is 5.32 Å². The third-order valence-corrected chi connectivity index (χ3v) is 5.19. The molecule has 0 bridgehead atoms. The minimum atomic E-state index is -0.0587. The Hall–Kier alpha value is -0.570. The van der Waals surface area contributed by atoms with Crippen molar-refractivity contribution >= 4 is 41.5 Å². The van der Waals surface area contributed by atoms with Crippen LogP contribution in [0.15, 0.2) is 29.3 Å². The molecule has 1 fully saturated rings. The Kier molecular flexibility index (Phi) is 10.8. The second-order valence-corrected chi connectivity index (χ2v) is 6.75. The van der Waals surface area contributed by atoms with Crippen LogP contribution >= 0.6 is 35.6 Å². The summed E-state index contributed by atoms with van der Waals surface area (Å²) in [6.45, 7) is 9.38. The van der Waals surface area contributed by atoms with Gasteiger partial charge in [-0.3, -0.25) is 9.89 Å². The second kappa shape index (κ2) is 12.0. The van der Waals surface area contributed by atoms with Crippen LogP contribution in [-0.4, -0.2) is 68.7 Å². The zero-order chi connectivity index (χ0) is 18.2. The van der Waals surface area contributed by atoms with Gasteiger partial charge in [-0.15, -0.1) is 24.0 Å². The molecule has 1 N–H and O–H groups in total. The topological polar surface area (TPSA) is 40.1 Å². The molecule has 0 radical (unpaired) electrons. The summed E-state index contributed by atoms with van der Waals surface area (Å²) >= 11 is 6.10. The highest BCUT2D eigenvalue weighted by Gasteiger charge is 2.28.